The number of likely N-dealkylation sites (tertiary alicyclic amines) is 1. The van der Waals surface area contributed by atoms with E-state index in [-0.39, 0.29) is 29.6 Å². The third-order valence-corrected chi connectivity index (χ3v) is 5.31. The number of carbonyl (C=O) groups excluding carboxylic acids is 3. The van der Waals surface area contributed by atoms with Gasteiger partial charge in [-0.05, 0) is 43.5 Å². The van der Waals surface area contributed by atoms with Crippen molar-refractivity contribution in [3.05, 3.63) is 71.3 Å². The van der Waals surface area contributed by atoms with E-state index in [1.807, 2.05) is 6.07 Å². The molecule has 0 saturated carbocycles. The number of piperidine rings is 1. The van der Waals surface area contributed by atoms with Crippen molar-refractivity contribution in [2.75, 3.05) is 13.1 Å². The van der Waals surface area contributed by atoms with Crippen molar-refractivity contribution in [2.45, 2.75) is 31.5 Å². The lowest BCUT2D eigenvalue weighted by molar-refractivity contribution is -0.169. The molecule has 174 valence electrons. The van der Waals surface area contributed by atoms with Gasteiger partial charge in [-0.3, -0.25) is 14.4 Å². The first kappa shape index (κ1) is 24.0. The van der Waals surface area contributed by atoms with E-state index in [0.717, 1.165) is 19.3 Å². The molecular formula is C23H23F3N4O3. The van der Waals surface area contributed by atoms with Crippen LogP contribution in [0.5, 0.6) is 0 Å². The molecule has 1 atom stereocenters. The van der Waals surface area contributed by atoms with Crippen LogP contribution in [0.4, 0.5) is 13.2 Å². The molecule has 33 heavy (non-hydrogen) atoms. The molecule has 1 aliphatic heterocycles. The zero-order chi connectivity index (χ0) is 24.0. The van der Waals surface area contributed by atoms with E-state index in [0.29, 0.717) is 12.1 Å². The zero-order valence-corrected chi connectivity index (χ0v) is 17.6. The summed E-state index contributed by atoms with van der Waals surface area (Å²) in [5, 5.41) is 2.81. The highest BCUT2D eigenvalue weighted by atomic mass is 19.4. The Kier molecular flexibility index (Phi) is 7.47. The van der Waals surface area contributed by atoms with Crippen molar-refractivity contribution in [1.29, 1.82) is 0 Å². The number of amides is 3. The quantitative estimate of drug-likeness (QED) is 0.529. The molecule has 0 radical (unpaired) electrons. The van der Waals surface area contributed by atoms with Gasteiger partial charge in [0.2, 0.25) is 0 Å². The molecule has 0 aromatic heterocycles. The van der Waals surface area contributed by atoms with Gasteiger partial charge in [0.1, 0.15) is 5.84 Å². The Balaban J connectivity index is 1.62. The summed E-state index contributed by atoms with van der Waals surface area (Å²) < 4.78 is 37.0. The van der Waals surface area contributed by atoms with Gasteiger partial charge >= 0.3 is 12.1 Å². The first-order chi connectivity index (χ1) is 15.7. The fraction of sp³-hybridized carbons (Fsp3) is 0.304. The van der Waals surface area contributed by atoms with Gasteiger partial charge in [0, 0.05) is 35.8 Å². The molecule has 2 aromatic carbocycles. The molecular weight excluding hydrogens is 437 g/mol. The fourth-order valence-electron chi connectivity index (χ4n) is 3.57. The summed E-state index contributed by atoms with van der Waals surface area (Å²) in [6.07, 6.45) is -2.51. The van der Waals surface area contributed by atoms with Gasteiger partial charge in [0.25, 0.3) is 11.8 Å². The number of nitrogens with one attached hydrogen (secondary N) is 1. The van der Waals surface area contributed by atoms with Crippen LogP contribution in [0.25, 0.3) is 0 Å². The molecule has 3 amide bonds. The van der Waals surface area contributed by atoms with E-state index in [9.17, 15) is 27.6 Å². The molecule has 10 heteroatoms. The summed E-state index contributed by atoms with van der Waals surface area (Å²) in [6, 6.07) is 14.2. The number of halogens is 3. The number of hydrogen-bond acceptors (Lipinski definition) is 3. The number of nitrogens with zero attached hydrogens (tertiary/aromatic N) is 2. The molecule has 0 spiro atoms. The lowest BCUT2D eigenvalue weighted by atomic mass is 10.0. The van der Waals surface area contributed by atoms with E-state index in [2.05, 4.69) is 10.3 Å². The molecule has 1 saturated heterocycles. The highest BCUT2D eigenvalue weighted by molar-refractivity contribution is 6.05. The number of hydrogen-bond donors (Lipinski definition) is 2. The highest BCUT2D eigenvalue weighted by Gasteiger charge is 2.38. The predicted molar refractivity (Wildman–Crippen MR) is 116 cm³/mol. The fourth-order valence-corrected chi connectivity index (χ4v) is 3.57. The number of rotatable bonds is 5. The average molecular weight is 460 g/mol. The molecule has 3 rings (SSSR count). The summed E-state index contributed by atoms with van der Waals surface area (Å²) in [5.41, 5.74) is 6.38. The topological polar surface area (TPSA) is 105 Å². The van der Waals surface area contributed by atoms with E-state index in [1.54, 1.807) is 29.2 Å². The third-order valence-electron chi connectivity index (χ3n) is 5.31. The maximum absolute atomic E-state index is 12.9. The summed E-state index contributed by atoms with van der Waals surface area (Å²) >= 11 is 0. The number of carbonyl (C=O) groups is 3. The number of aliphatic imine (C=N–C) groups is 1. The minimum atomic E-state index is -5.11. The Labute approximate surface area is 188 Å². The van der Waals surface area contributed by atoms with Gasteiger partial charge in [-0.1, -0.05) is 30.3 Å². The van der Waals surface area contributed by atoms with E-state index < -0.39 is 23.8 Å². The molecule has 0 aliphatic carbocycles. The predicted octanol–water partition coefficient (Wildman–Crippen LogP) is 2.91. The first-order valence-corrected chi connectivity index (χ1v) is 10.4. The van der Waals surface area contributed by atoms with Gasteiger partial charge in [-0.15, -0.1) is 0 Å². The van der Waals surface area contributed by atoms with Crippen LogP contribution in [-0.4, -0.2) is 53.8 Å². The largest absolute Gasteiger partial charge is 0.473 e. The lowest BCUT2D eigenvalue weighted by Crippen LogP contribution is -2.49. The molecule has 1 aliphatic rings. The van der Waals surface area contributed by atoms with Crippen molar-refractivity contribution in [1.82, 2.24) is 10.2 Å². The van der Waals surface area contributed by atoms with E-state index in [4.69, 9.17) is 5.73 Å². The summed E-state index contributed by atoms with van der Waals surface area (Å²) in [7, 11) is 0. The monoisotopic (exact) mass is 460 g/mol. The minimum Gasteiger partial charge on any atom is -0.383 e. The summed E-state index contributed by atoms with van der Waals surface area (Å²) in [6.45, 7) is 0.876. The van der Waals surface area contributed by atoms with Crippen molar-refractivity contribution in [3.8, 4) is 0 Å². The van der Waals surface area contributed by atoms with Gasteiger partial charge in [0.15, 0.2) is 0 Å². The van der Waals surface area contributed by atoms with Crippen LogP contribution in [0, 0.1) is 0 Å². The second-order valence-corrected chi connectivity index (χ2v) is 7.60. The van der Waals surface area contributed by atoms with Gasteiger partial charge in [-0.2, -0.15) is 18.2 Å². The Bertz CT molecular complexity index is 1040. The van der Waals surface area contributed by atoms with E-state index in [1.165, 1.54) is 24.3 Å². The Morgan fingerprint density at radius 3 is 2.24 bits per heavy atom. The minimum absolute atomic E-state index is 0.0797. The van der Waals surface area contributed by atoms with Crippen molar-refractivity contribution in [3.63, 3.8) is 0 Å². The standard InChI is InChI=1S/C23H23F3N4O3/c24-23(25,26)22(33)29-19(27)15-9-11-16(12-10-15)20(31)28-14-18-8-4-5-13-30(18)21(32)17-6-2-1-3-7-17/h1-3,6-7,9-12,18H,4-5,8,13-14H2,(H,28,31)(H2,27,29,33). The number of benzene rings is 2. The summed E-state index contributed by atoms with van der Waals surface area (Å²) in [4.78, 5) is 41.0. The van der Waals surface area contributed by atoms with E-state index >= 15 is 0 Å². The van der Waals surface area contributed by atoms with Gasteiger partial charge in [0.05, 0.1) is 0 Å². The van der Waals surface area contributed by atoms with Crippen molar-refractivity contribution < 1.29 is 27.6 Å². The van der Waals surface area contributed by atoms with Gasteiger partial charge < -0.3 is 16.0 Å². The highest BCUT2D eigenvalue weighted by Crippen LogP contribution is 2.20. The molecule has 0 bridgehead atoms. The van der Waals surface area contributed by atoms with Crippen LogP contribution in [0.1, 0.15) is 45.5 Å². The van der Waals surface area contributed by atoms with Crippen LogP contribution >= 0.6 is 0 Å². The maximum atomic E-state index is 12.9. The van der Waals surface area contributed by atoms with Crippen LogP contribution in [0.3, 0.4) is 0 Å². The number of amidine groups is 1. The molecule has 1 unspecified atom stereocenters. The second kappa shape index (κ2) is 10.3. The molecule has 7 nitrogen and oxygen atoms in total. The smallest absolute Gasteiger partial charge is 0.383 e. The number of nitrogens with two attached hydrogens (primary N) is 1. The molecule has 2 aromatic rings. The van der Waals surface area contributed by atoms with Gasteiger partial charge in [-0.25, -0.2) is 0 Å². The zero-order valence-electron chi connectivity index (χ0n) is 17.6. The normalized spacial score (nSPS) is 16.9. The van der Waals surface area contributed by atoms with Crippen LogP contribution < -0.4 is 11.1 Å². The Morgan fingerprint density at radius 2 is 1.61 bits per heavy atom. The third kappa shape index (κ3) is 6.18. The Morgan fingerprint density at radius 1 is 0.970 bits per heavy atom. The number of alkyl halides is 3. The summed E-state index contributed by atoms with van der Waals surface area (Å²) in [5.74, 6) is -3.38. The second-order valence-electron chi connectivity index (χ2n) is 7.60. The van der Waals surface area contributed by atoms with Crippen molar-refractivity contribution in [2.24, 2.45) is 10.7 Å². The molecule has 1 fully saturated rings. The molecule has 3 N–H and O–H groups in total. The Hall–Kier alpha value is -3.69. The maximum Gasteiger partial charge on any atom is 0.473 e. The SMILES string of the molecule is NC(=NC(=O)C(F)(F)F)c1ccc(C(=O)NCC2CCCCN2C(=O)c2ccccc2)cc1. The first-order valence-electron chi connectivity index (χ1n) is 10.4. The van der Waals surface area contributed by atoms with Crippen LogP contribution in [0.2, 0.25) is 0 Å². The average Bonchev–Trinajstić information content (AvgIpc) is 2.82. The van der Waals surface area contributed by atoms with Crippen molar-refractivity contribution >= 4 is 23.6 Å². The lowest BCUT2D eigenvalue weighted by Gasteiger charge is -2.36. The van der Waals surface area contributed by atoms with Crippen LogP contribution in [-0.2, 0) is 4.79 Å². The molecule has 1 heterocycles. The van der Waals surface area contributed by atoms with Crippen LogP contribution in [0.15, 0.2) is 59.6 Å².